The zero-order valence-electron chi connectivity index (χ0n) is 13.2. The van der Waals surface area contributed by atoms with Crippen molar-refractivity contribution in [1.82, 2.24) is 10.2 Å². The fourth-order valence-corrected chi connectivity index (χ4v) is 2.29. The van der Waals surface area contributed by atoms with E-state index in [-0.39, 0.29) is 19.1 Å². The first-order valence-electron chi connectivity index (χ1n) is 7.16. The number of aliphatic hydroxyl groups excluding tert-OH is 1. The number of likely N-dealkylation sites (tertiary alicyclic amines) is 1. The maximum Gasteiger partial charge on any atom is 0.407 e. The monoisotopic (exact) mass is 302 g/mol. The number of alkyl carbamates (subject to hydrolysis) is 1. The van der Waals surface area contributed by atoms with Crippen LogP contribution >= 0.6 is 0 Å². The molecule has 1 aliphatic rings. The van der Waals surface area contributed by atoms with E-state index in [2.05, 4.69) is 5.32 Å². The molecule has 2 N–H and O–H groups in total. The Bertz CT molecular complexity index is 367. The third-order valence-corrected chi connectivity index (χ3v) is 3.33. The maximum absolute atomic E-state index is 11.9. The van der Waals surface area contributed by atoms with Gasteiger partial charge in [-0.25, -0.2) is 4.79 Å². The molecule has 0 aromatic heterocycles. The second-order valence-electron chi connectivity index (χ2n) is 6.25. The third kappa shape index (κ3) is 5.89. The molecule has 7 nitrogen and oxygen atoms in total. The average molecular weight is 302 g/mol. The minimum Gasteiger partial charge on any atom is -0.468 e. The molecular formula is C14H26N2O5. The molecule has 7 heteroatoms. The van der Waals surface area contributed by atoms with E-state index in [0.29, 0.717) is 13.1 Å². The number of carbonyl (C=O) groups is 2. The van der Waals surface area contributed by atoms with Crippen molar-refractivity contribution in [3.63, 3.8) is 0 Å². The SMILES string of the molecule is COC(=O)[C@@H](CNC(=O)OC(C)(C)C)N1CC[C@H](CO)C1. The fraction of sp³-hybridized carbons (Fsp3) is 0.857. The van der Waals surface area contributed by atoms with E-state index in [9.17, 15) is 14.7 Å². The largest absolute Gasteiger partial charge is 0.468 e. The molecule has 0 aliphatic carbocycles. The van der Waals surface area contributed by atoms with Gasteiger partial charge in [0.05, 0.1) is 7.11 Å². The van der Waals surface area contributed by atoms with Crippen LogP contribution in [-0.2, 0) is 14.3 Å². The van der Waals surface area contributed by atoms with Crippen molar-refractivity contribution >= 4 is 12.1 Å². The highest BCUT2D eigenvalue weighted by Crippen LogP contribution is 2.18. The van der Waals surface area contributed by atoms with Crippen LogP contribution < -0.4 is 5.32 Å². The van der Waals surface area contributed by atoms with Crippen LogP contribution in [-0.4, -0.2) is 67.1 Å². The first-order valence-corrected chi connectivity index (χ1v) is 7.16. The number of carbonyl (C=O) groups excluding carboxylic acids is 2. The number of ether oxygens (including phenoxy) is 2. The summed E-state index contributed by atoms with van der Waals surface area (Å²) < 4.78 is 9.94. The topological polar surface area (TPSA) is 88.1 Å². The highest BCUT2D eigenvalue weighted by Gasteiger charge is 2.33. The number of nitrogens with one attached hydrogen (secondary N) is 1. The molecule has 1 aliphatic heterocycles. The number of methoxy groups -OCH3 is 1. The van der Waals surface area contributed by atoms with E-state index < -0.39 is 23.7 Å². The van der Waals surface area contributed by atoms with E-state index in [1.807, 2.05) is 4.90 Å². The lowest BCUT2D eigenvalue weighted by molar-refractivity contribution is -0.146. The fourth-order valence-electron chi connectivity index (χ4n) is 2.29. The van der Waals surface area contributed by atoms with E-state index in [1.165, 1.54) is 7.11 Å². The van der Waals surface area contributed by atoms with Crippen LogP contribution in [0.2, 0.25) is 0 Å². The molecule has 0 spiro atoms. The molecule has 1 fully saturated rings. The molecule has 2 atom stereocenters. The van der Waals surface area contributed by atoms with Gasteiger partial charge in [0, 0.05) is 19.7 Å². The number of rotatable bonds is 5. The molecule has 0 unspecified atom stereocenters. The van der Waals surface area contributed by atoms with Crippen molar-refractivity contribution < 1.29 is 24.2 Å². The van der Waals surface area contributed by atoms with Gasteiger partial charge >= 0.3 is 12.1 Å². The molecule has 1 rings (SSSR count). The highest BCUT2D eigenvalue weighted by molar-refractivity contribution is 5.77. The summed E-state index contributed by atoms with van der Waals surface area (Å²) in [6, 6.07) is -0.556. The van der Waals surface area contributed by atoms with E-state index in [0.717, 1.165) is 6.42 Å². The quantitative estimate of drug-likeness (QED) is 0.713. The number of hydrogen-bond acceptors (Lipinski definition) is 6. The molecule has 1 amide bonds. The molecule has 0 bridgehead atoms. The summed E-state index contributed by atoms with van der Waals surface area (Å²) in [6.45, 7) is 6.86. The van der Waals surface area contributed by atoms with Crippen molar-refractivity contribution in [2.75, 3.05) is 33.4 Å². The van der Waals surface area contributed by atoms with Crippen LogP contribution in [0.4, 0.5) is 4.79 Å². The standard InChI is InChI=1S/C14H26N2O5/c1-14(2,3)21-13(19)15-7-11(12(18)20-4)16-6-5-10(8-16)9-17/h10-11,17H,5-9H2,1-4H3,(H,15,19)/t10-,11+/m0/s1. The normalized spacial score (nSPS) is 20.9. The van der Waals surface area contributed by atoms with Crippen LogP contribution in [0.1, 0.15) is 27.2 Å². The van der Waals surface area contributed by atoms with Crippen molar-refractivity contribution in [3.8, 4) is 0 Å². The van der Waals surface area contributed by atoms with Gasteiger partial charge in [-0.05, 0) is 39.7 Å². The zero-order chi connectivity index (χ0) is 16.0. The highest BCUT2D eigenvalue weighted by atomic mass is 16.6. The van der Waals surface area contributed by atoms with Gasteiger partial charge in [-0.3, -0.25) is 9.69 Å². The predicted octanol–water partition coefficient (Wildman–Crippen LogP) is 0.367. The van der Waals surface area contributed by atoms with Gasteiger partial charge in [-0.1, -0.05) is 0 Å². The van der Waals surface area contributed by atoms with Crippen LogP contribution in [0.5, 0.6) is 0 Å². The third-order valence-electron chi connectivity index (χ3n) is 3.33. The van der Waals surface area contributed by atoms with Crippen LogP contribution in [0.3, 0.4) is 0 Å². The lowest BCUT2D eigenvalue weighted by Gasteiger charge is -2.26. The first kappa shape index (κ1) is 17.7. The van der Waals surface area contributed by atoms with Gasteiger partial charge in [0.1, 0.15) is 11.6 Å². The Morgan fingerprint density at radius 1 is 1.43 bits per heavy atom. The Hall–Kier alpha value is -1.34. The Morgan fingerprint density at radius 3 is 2.57 bits per heavy atom. The first-order chi connectivity index (χ1) is 9.76. The van der Waals surface area contributed by atoms with Crippen LogP contribution in [0, 0.1) is 5.92 Å². The number of hydrogen-bond donors (Lipinski definition) is 2. The molecule has 1 heterocycles. The summed E-state index contributed by atoms with van der Waals surface area (Å²) in [5, 5.41) is 11.8. The maximum atomic E-state index is 11.9. The summed E-state index contributed by atoms with van der Waals surface area (Å²) in [5.74, 6) is -0.233. The molecule has 0 aromatic carbocycles. The van der Waals surface area contributed by atoms with Crippen molar-refractivity contribution in [2.24, 2.45) is 5.92 Å². The Morgan fingerprint density at radius 2 is 2.10 bits per heavy atom. The smallest absolute Gasteiger partial charge is 0.407 e. The molecule has 0 saturated carbocycles. The van der Waals surface area contributed by atoms with Gasteiger partial charge < -0.3 is 19.9 Å². The van der Waals surface area contributed by atoms with E-state index in [4.69, 9.17) is 9.47 Å². The van der Waals surface area contributed by atoms with Crippen LogP contribution in [0.15, 0.2) is 0 Å². The van der Waals surface area contributed by atoms with Gasteiger partial charge in [-0.15, -0.1) is 0 Å². The summed E-state index contributed by atoms with van der Waals surface area (Å²) in [5.41, 5.74) is -0.583. The Kier molecular flexibility index (Phi) is 6.42. The van der Waals surface area contributed by atoms with Gasteiger partial charge in [0.25, 0.3) is 0 Å². The number of esters is 1. The van der Waals surface area contributed by atoms with Gasteiger partial charge in [-0.2, -0.15) is 0 Å². The van der Waals surface area contributed by atoms with Crippen molar-refractivity contribution in [2.45, 2.75) is 38.8 Å². The molecule has 21 heavy (non-hydrogen) atoms. The second kappa shape index (κ2) is 7.61. The molecule has 1 saturated heterocycles. The number of amides is 1. The van der Waals surface area contributed by atoms with E-state index in [1.54, 1.807) is 20.8 Å². The molecular weight excluding hydrogens is 276 g/mol. The predicted molar refractivity (Wildman–Crippen MR) is 76.8 cm³/mol. The van der Waals surface area contributed by atoms with Gasteiger partial charge in [0.2, 0.25) is 0 Å². The van der Waals surface area contributed by atoms with E-state index >= 15 is 0 Å². The zero-order valence-corrected chi connectivity index (χ0v) is 13.2. The lowest BCUT2D eigenvalue weighted by Crippen LogP contribution is -2.49. The van der Waals surface area contributed by atoms with Crippen molar-refractivity contribution in [3.05, 3.63) is 0 Å². The minimum atomic E-state index is -0.583. The Labute approximate surface area is 125 Å². The van der Waals surface area contributed by atoms with Gasteiger partial charge in [0.15, 0.2) is 0 Å². The summed E-state index contributed by atoms with van der Waals surface area (Å²) in [4.78, 5) is 25.5. The number of aliphatic hydroxyl groups is 1. The van der Waals surface area contributed by atoms with Crippen molar-refractivity contribution in [1.29, 1.82) is 0 Å². The van der Waals surface area contributed by atoms with Crippen LogP contribution in [0.25, 0.3) is 0 Å². The summed E-state index contributed by atoms with van der Waals surface area (Å²) in [6.07, 6.45) is 0.269. The second-order valence-corrected chi connectivity index (χ2v) is 6.25. The average Bonchev–Trinajstić information content (AvgIpc) is 2.85. The summed E-state index contributed by atoms with van der Waals surface area (Å²) >= 11 is 0. The Balaban J connectivity index is 2.55. The molecule has 0 radical (unpaired) electrons. The minimum absolute atomic E-state index is 0.101. The molecule has 0 aromatic rings. The molecule has 122 valence electrons. The number of nitrogens with zero attached hydrogens (tertiary/aromatic N) is 1. The lowest BCUT2D eigenvalue weighted by atomic mass is 10.1. The summed E-state index contributed by atoms with van der Waals surface area (Å²) in [7, 11) is 1.32.